The molecule has 0 radical (unpaired) electrons. The topological polar surface area (TPSA) is 47.8 Å². The monoisotopic (exact) mass is 219 g/mol. The predicted molar refractivity (Wildman–Crippen MR) is 55.5 cm³/mol. The van der Waals surface area contributed by atoms with Gasteiger partial charge < -0.3 is 0 Å². The summed E-state index contributed by atoms with van der Waals surface area (Å²) >= 11 is 0. The molecule has 0 saturated carbocycles. The Bertz CT molecular complexity index is 504. The highest BCUT2D eigenvalue weighted by Crippen LogP contribution is 2.07. The van der Waals surface area contributed by atoms with Gasteiger partial charge in [-0.15, -0.1) is 0 Å². The normalized spacial score (nSPS) is 10.4. The molecule has 0 saturated heterocycles. The summed E-state index contributed by atoms with van der Waals surface area (Å²) in [4.78, 5) is 15.6. The third kappa shape index (κ3) is 1.98. The van der Waals surface area contributed by atoms with E-state index in [1.807, 2.05) is 6.92 Å². The van der Waals surface area contributed by atoms with Crippen LogP contribution in [0, 0.1) is 5.82 Å². The Kier molecular flexibility index (Phi) is 2.76. The number of aryl methyl sites for hydroxylation is 1. The van der Waals surface area contributed by atoms with Crippen LogP contribution < -0.4 is 0 Å². The van der Waals surface area contributed by atoms with Gasteiger partial charge in [0.2, 0.25) is 5.78 Å². The lowest BCUT2D eigenvalue weighted by molar-refractivity contribution is 0.103. The average molecular weight is 219 g/mol. The number of halogens is 1. The first-order chi connectivity index (χ1) is 7.70. The van der Waals surface area contributed by atoms with Crippen LogP contribution in [0.3, 0.4) is 0 Å². The van der Waals surface area contributed by atoms with Crippen molar-refractivity contribution in [1.82, 2.24) is 14.8 Å². The first-order valence-corrected chi connectivity index (χ1v) is 4.89. The zero-order valence-corrected chi connectivity index (χ0v) is 8.72. The number of hydrogen-bond acceptors (Lipinski definition) is 3. The lowest BCUT2D eigenvalue weighted by Crippen LogP contribution is -2.03. The Morgan fingerprint density at radius 3 is 2.81 bits per heavy atom. The Morgan fingerprint density at radius 2 is 2.25 bits per heavy atom. The zero-order valence-electron chi connectivity index (χ0n) is 8.72. The Hall–Kier alpha value is -2.04. The van der Waals surface area contributed by atoms with Gasteiger partial charge in [-0.3, -0.25) is 9.48 Å². The molecule has 82 valence electrons. The van der Waals surface area contributed by atoms with Crippen LogP contribution in [0.5, 0.6) is 0 Å². The molecule has 0 N–H and O–H groups in total. The number of hydrogen-bond donors (Lipinski definition) is 0. The summed E-state index contributed by atoms with van der Waals surface area (Å²) in [5.74, 6) is -0.708. The Morgan fingerprint density at radius 1 is 1.44 bits per heavy atom. The van der Waals surface area contributed by atoms with Crippen LogP contribution >= 0.6 is 0 Å². The van der Waals surface area contributed by atoms with E-state index in [4.69, 9.17) is 0 Å². The van der Waals surface area contributed by atoms with Crippen LogP contribution in [-0.4, -0.2) is 20.5 Å². The molecular weight excluding hydrogens is 209 g/mol. The van der Waals surface area contributed by atoms with E-state index in [1.165, 1.54) is 18.3 Å². The second kappa shape index (κ2) is 4.22. The standard InChI is InChI=1S/C11H10FN3O/c1-2-15-7-8(5-14-15)11(16)10-4-3-9(12)6-13-10/h3-7H,2H2,1H3. The highest BCUT2D eigenvalue weighted by atomic mass is 19.1. The van der Waals surface area contributed by atoms with Gasteiger partial charge in [-0.1, -0.05) is 0 Å². The Labute approximate surface area is 91.7 Å². The minimum absolute atomic E-state index is 0.219. The summed E-state index contributed by atoms with van der Waals surface area (Å²) in [6, 6.07) is 2.57. The molecular formula is C11H10FN3O. The summed E-state index contributed by atoms with van der Waals surface area (Å²) in [5.41, 5.74) is 0.679. The maximum absolute atomic E-state index is 12.6. The van der Waals surface area contributed by atoms with Gasteiger partial charge in [0, 0.05) is 12.7 Å². The quantitative estimate of drug-likeness (QED) is 0.738. The molecule has 0 fully saturated rings. The molecule has 0 aliphatic carbocycles. The molecule has 2 aromatic heterocycles. The minimum atomic E-state index is -0.458. The number of pyridine rings is 1. The lowest BCUT2D eigenvalue weighted by atomic mass is 10.1. The first kappa shape index (κ1) is 10.5. The molecule has 16 heavy (non-hydrogen) atoms. The van der Waals surface area contributed by atoms with Crippen molar-refractivity contribution in [2.45, 2.75) is 13.5 Å². The first-order valence-electron chi connectivity index (χ1n) is 4.89. The molecule has 0 atom stereocenters. The van der Waals surface area contributed by atoms with E-state index >= 15 is 0 Å². The maximum Gasteiger partial charge on any atom is 0.214 e. The number of carbonyl (C=O) groups excluding carboxylic acids is 1. The second-order valence-corrected chi connectivity index (χ2v) is 3.28. The summed E-state index contributed by atoms with van der Waals surface area (Å²) in [7, 11) is 0. The fourth-order valence-corrected chi connectivity index (χ4v) is 1.31. The highest BCUT2D eigenvalue weighted by Gasteiger charge is 2.12. The van der Waals surface area contributed by atoms with E-state index in [0.29, 0.717) is 12.1 Å². The van der Waals surface area contributed by atoms with Crippen molar-refractivity contribution < 1.29 is 9.18 Å². The van der Waals surface area contributed by atoms with E-state index in [9.17, 15) is 9.18 Å². The third-order valence-corrected chi connectivity index (χ3v) is 2.18. The Balaban J connectivity index is 2.28. The van der Waals surface area contributed by atoms with Crippen molar-refractivity contribution in [3.05, 3.63) is 47.8 Å². The van der Waals surface area contributed by atoms with Crippen LogP contribution in [0.15, 0.2) is 30.7 Å². The van der Waals surface area contributed by atoms with Crippen molar-refractivity contribution in [2.75, 3.05) is 0 Å². The maximum atomic E-state index is 12.6. The lowest BCUT2D eigenvalue weighted by Gasteiger charge is -1.96. The van der Waals surface area contributed by atoms with E-state index in [-0.39, 0.29) is 11.5 Å². The summed E-state index contributed by atoms with van der Waals surface area (Å²) in [5, 5.41) is 3.99. The van der Waals surface area contributed by atoms with Gasteiger partial charge in [-0.2, -0.15) is 5.10 Å². The van der Waals surface area contributed by atoms with E-state index in [1.54, 1.807) is 10.9 Å². The van der Waals surface area contributed by atoms with Gasteiger partial charge >= 0.3 is 0 Å². The largest absolute Gasteiger partial charge is 0.287 e. The molecule has 4 nitrogen and oxygen atoms in total. The summed E-state index contributed by atoms with van der Waals surface area (Å²) < 4.78 is 14.3. The average Bonchev–Trinajstić information content (AvgIpc) is 2.77. The van der Waals surface area contributed by atoms with Crippen molar-refractivity contribution in [2.24, 2.45) is 0 Å². The van der Waals surface area contributed by atoms with Gasteiger partial charge in [0.1, 0.15) is 11.5 Å². The van der Waals surface area contributed by atoms with Crippen LogP contribution in [-0.2, 0) is 6.54 Å². The number of aromatic nitrogens is 3. The van der Waals surface area contributed by atoms with Crippen molar-refractivity contribution >= 4 is 5.78 Å². The van der Waals surface area contributed by atoms with Gasteiger partial charge in [0.25, 0.3) is 0 Å². The summed E-state index contributed by atoms with van der Waals surface area (Å²) in [6.07, 6.45) is 4.15. The van der Waals surface area contributed by atoms with Crippen molar-refractivity contribution in [1.29, 1.82) is 0 Å². The zero-order chi connectivity index (χ0) is 11.5. The fraction of sp³-hybridized carbons (Fsp3) is 0.182. The van der Waals surface area contributed by atoms with Crippen LogP contribution in [0.2, 0.25) is 0 Å². The van der Waals surface area contributed by atoms with Gasteiger partial charge in [0.05, 0.1) is 18.0 Å². The second-order valence-electron chi connectivity index (χ2n) is 3.28. The van der Waals surface area contributed by atoms with Gasteiger partial charge in [0.15, 0.2) is 0 Å². The molecule has 0 aliphatic heterocycles. The molecule has 0 aliphatic rings. The number of nitrogens with zero attached hydrogens (tertiary/aromatic N) is 3. The number of rotatable bonds is 3. The molecule has 2 heterocycles. The minimum Gasteiger partial charge on any atom is -0.287 e. The van der Waals surface area contributed by atoms with Gasteiger partial charge in [-0.25, -0.2) is 9.37 Å². The molecule has 0 spiro atoms. The third-order valence-electron chi connectivity index (χ3n) is 2.18. The van der Waals surface area contributed by atoms with Crippen LogP contribution in [0.1, 0.15) is 23.0 Å². The van der Waals surface area contributed by atoms with E-state index in [0.717, 1.165) is 6.20 Å². The number of carbonyl (C=O) groups is 1. The SMILES string of the molecule is CCn1cc(C(=O)c2ccc(F)cn2)cn1. The van der Waals surface area contributed by atoms with E-state index < -0.39 is 5.82 Å². The number of ketones is 1. The molecule has 2 rings (SSSR count). The smallest absolute Gasteiger partial charge is 0.214 e. The summed E-state index contributed by atoms with van der Waals surface area (Å²) in [6.45, 7) is 2.63. The highest BCUT2D eigenvalue weighted by molar-refractivity contribution is 6.07. The predicted octanol–water partition coefficient (Wildman–Crippen LogP) is 1.67. The van der Waals surface area contributed by atoms with Crippen molar-refractivity contribution in [3.8, 4) is 0 Å². The molecule has 0 amide bonds. The molecule has 5 heteroatoms. The van der Waals surface area contributed by atoms with Gasteiger partial charge in [-0.05, 0) is 19.1 Å². The van der Waals surface area contributed by atoms with Crippen LogP contribution in [0.4, 0.5) is 4.39 Å². The molecule has 2 aromatic rings. The van der Waals surface area contributed by atoms with Crippen molar-refractivity contribution in [3.63, 3.8) is 0 Å². The molecule has 0 bridgehead atoms. The molecule has 0 aromatic carbocycles. The van der Waals surface area contributed by atoms with E-state index in [2.05, 4.69) is 10.1 Å². The molecule has 0 unspecified atom stereocenters. The fourth-order valence-electron chi connectivity index (χ4n) is 1.31. The van der Waals surface area contributed by atoms with Crippen LogP contribution in [0.25, 0.3) is 0 Å².